The Balaban J connectivity index is 1.93. The number of ether oxygens (including phenoxy) is 3. The highest BCUT2D eigenvalue weighted by atomic mass is 28.4. The van der Waals surface area contributed by atoms with E-state index in [2.05, 4.69) is 25.9 Å². The van der Waals surface area contributed by atoms with E-state index in [9.17, 15) is 14.4 Å². The van der Waals surface area contributed by atoms with Crippen LogP contribution in [0.25, 0.3) is 10.9 Å². The molecule has 0 bridgehead atoms. The third-order valence-corrected chi connectivity index (χ3v) is 13.3. The molecule has 3 rings (SSSR count). The zero-order valence-corrected chi connectivity index (χ0v) is 33.5. The summed E-state index contributed by atoms with van der Waals surface area (Å²) in [5.41, 5.74) is 7.37. The number of hydrogen-bond acceptors (Lipinski definition) is 9. The summed E-state index contributed by atoms with van der Waals surface area (Å²) in [4.78, 5) is 42.4. The molecule has 282 valence electrons. The highest BCUT2D eigenvalue weighted by molar-refractivity contribution is 6.73. The molecule has 0 saturated carbocycles. The largest absolute Gasteiger partial charge is 0.492 e. The lowest BCUT2D eigenvalue weighted by Crippen LogP contribution is -2.45. The van der Waals surface area contributed by atoms with Crippen LogP contribution in [0.2, 0.25) is 18.1 Å². The van der Waals surface area contributed by atoms with E-state index in [0.29, 0.717) is 34.5 Å². The molecule has 0 aliphatic carbocycles. The van der Waals surface area contributed by atoms with Crippen LogP contribution >= 0.6 is 0 Å². The number of nitrogens with zero attached hydrogens (tertiary/aromatic N) is 4. The van der Waals surface area contributed by atoms with Gasteiger partial charge in [0.25, 0.3) is 0 Å². The number of amides is 2. The van der Waals surface area contributed by atoms with Crippen molar-refractivity contribution in [1.29, 1.82) is 0 Å². The lowest BCUT2D eigenvalue weighted by molar-refractivity contribution is -0.128. The van der Waals surface area contributed by atoms with Crippen molar-refractivity contribution >= 4 is 43.0 Å². The average Bonchev–Trinajstić information content (AvgIpc) is 3.41. The summed E-state index contributed by atoms with van der Waals surface area (Å²) in [5.74, 6) is 0.435. The smallest absolute Gasteiger partial charge is 0.435 e. The number of rotatable bonds is 15. The molecule has 0 aliphatic heterocycles. The van der Waals surface area contributed by atoms with E-state index in [-0.39, 0.29) is 32.0 Å². The fraction of sp³-hybridized carbons (Fsp3) is 0.579. The lowest BCUT2D eigenvalue weighted by atomic mass is 10.1. The molecular weight excluding hydrogens is 667 g/mol. The van der Waals surface area contributed by atoms with E-state index in [0.717, 1.165) is 23.7 Å². The number of aromatic nitrogens is 2. The van der Waals surface area contributed by atoms with Crippen molar-refractivity contribution in [2.75, 3.05) is 39.5 Å². The summed E-state index contributed by atoms with van der Waals surface area (Å²) in [6.45, 7) is 18.0. The molecule has 2 aromatic carbocycles. The van der Waals surface area contributed by atoms with Gasteiger partial charge in [0.1, 0.15) is 23.6 Å². The van der Waals surface area contributed by atoms with Crippen LogP contribution in [0.15, 0.2) is 42.5 Å². The molecule has 1 unspecified atom stereocenters. The molecule has 1 aromatic heterocycles. The number of hydrogen-bond donors (Lipinski definition) is 1. The number of anilines is 1. The number of fused-ring (bicyclic) bond motifs is 1. The van der Waals surface area contributed by atoms with Gasteiger partial charge in [0, 0.05) is 44.1 Å². The molecule has 51 heavy (non-hydrogen) atoms. The molecule has 2 amide bonds. The van der Waals surface area contributed by atoms with Crippen LogP contribution in [0, 0.1) is 0 Å². The monoisotopic (exact) mass is 725 g/mol. The second kappa shape index (κ2) is 17.4. The number of carbonyl (C=O) groups excluding carboxylic acids is 3. The number of carbonyl (C=O) groups is 3. The van der Waals surface area contributed by atoms with Crippen molar-refractivity contribution in [3.05, 3.63) is 53.7 Å². The van der Waals surface area contributed by atoms with Crippen molar-refractivity contribution in [3.63, 3.8) is 0 Å². The third kappa shape index (κ3) is 12.0. The molecule has 12 nitrogen and oxygen atoms in total. The van der Waals surface area contributed by atoms with Crippen LogP contribution in [-0.2, 0) is 25.1 Å². The van der Waals surface area contributed by atoms with Gasteiger partial charge in [-0.25, -0.2) is 9.59 Å². The lowest BCUT2D eigenvalue weighted by Gasteiger charge is -2.36. The first kappa shape index (κ1) is 41.3. The maximum absolute atomic E-state index is 13.7. The quantitative estimate of drug-likeness (QED) is 0.123. The van der Waals surface area contributed by atoms with Crippen LogP contribution in [-0.4, -0.2) is 91.0 Å². The van der Waals surface area contributed by atoms with E-state index in [1.54, 1.807) is 51.9 Å². The summed E-state index contributed by atoms with van der Waals surface area (Å²) in [6.07, 6.45) is -0.932. The Morgan fingerprint density at radius 2 is 1.57 bits per heavy atom. The first-order valence-corrected chi connectivity index (χ1v) is 20.4. The normalized spacial score (nSPS) is 12.8. The van der Waals surface area contributed by atoms with Crippen molar-refractivity contribution in [3.8, 4) is 5.75 Å². The van der Waals surface area contributed by atoms with Crippen LogP contribution in [0.5, 0.6) is 5.75 Å². The predicted molar refractivity (Wildman–Crippen MR) is 204 cm³/mol. The molecule has 0 spiro atoms. The molecule has 0 fully saturated rings. The highest BCUT2D eigenvalue weighted by Gasteiger charge is 2.35. The van der Waals surface area contributed by atoms with Gasteiger partial charge >= 0.3 is 12.2 Å². The van der Waals surface area contributed by atoms with Gasteiger partial charge in [-0.2, -0.15) is 9.78 Å². The summed E-state index contributed by atoms with van der Waals surface area (Å²) >= 11 is 0. The molecular formula is C38H59N5O7Si. The van der Waals surface area contributed by atoms with Gasteiger partial charge in [0.15, 0.2) is 8.32 Å². The van der Waals surface area contributed by atoms with E-state index < -0.39 is 37.8 Å². The van der Waals surface area contributed by atoms with Gasteiger partial charge in [0.2, 0.25) is 5.91 Å². The molecule has 0 aliphatic rings. The second-order valence-electron chi connectivity index (χ2n) is 15.1. The first-order valence-electron chi connectivity index (χ1n) is 17.9. The first-order chi connectivity index (χ1) is 23.8. The highest BCUT2D eigenvalue weighted by Crippen LogP contribution is 2.32. The Morgan fingerprint density at radius 1 is 0.922 bits per heavy atom. The fourth-order valence-corrected chi connectivity index (χ4v) is 8.47. The SMILES string of the molecule is CC[Si](CC)(CC)OC(CN(CCOc1ccc2c(CCC(=O)N(C)C)nn(C(=O)OC(C)(C)C)c2c1)C(=O)OC(C)(C)C)c1cccc(N)c1. The fourth-order valence-electron chi connectivity index (χ4n) is 5.66. The standard InChI is InChI=1S/C38H59N5O7Si/c1-12-51(13-2,14-3)50-33(27-16-15-17-28(39)24-27)26-42(35(45)48-37(4,5)6)22-23-47-29-18-19-30-31(20-21-34(44)41(10)11)40-43(32(30)25-29)36(46)49-38(7,8)9/h15-19,24-25,33H,12-14,20-23,26,39H2,1-11H3. The van der Waals surface area contributed by atoms with Crippen LogP contribution in [0.3, 0.4) is 0 Å². The van der Waals surface area contributed by atoms with E-state index in [1.165, 1.54) is 9.58 Å². The molecule has 2 N–H and O–H groups in total. The Labute approximate surface area is 304 Å². The Kier molecular flexibility index (Phi) is 14.1. The number of benzene rings is 2. The topological polar surface area (TPSA) is 138 Å². The van der Waals surface area contributed by atoms with E-state index in [1.807, 2.05) is 51.1 Å². The Bertz CT molecular complexity index is 1630. The van der Waals surface area contributed by atoms with E-state index in [4.69, 9.17) is 24.4 Å². The minimum atomic E-state index is -2.10. The van der Waals surface area contributed by atoms with Crippen molar-refractivity contribution in [1.82, 2.24) is 19.6 Å². The molecule has 13 heteroatoms. The zero-order chi connectivity index (χ0) is 38.1. The van der Waals surface area contributed by atoms with E-state index >= 15 is 0 Å². The number of nitrogens with two attached hydrogens (primary N) is 1. The third-order valence-electron chi connectivity index (χ3n) is 8.65. The van der Waals surface area contributed by atoms with Crippen LogP contribution < -0.4 is 10.5 Å². The summed E-state index contributed by atoms with van der Waals surface area (Å²) in [7, 11) is 1.30. The van der Waals surface area contributed by atoms with Crippen molar-refractivity contribution < 1.29 is 33.0 Å². The van der Waals surface area contributed by atoms with Gasteiger partial charge in [-0.1, -0.05) is 32.9 Å². The van der Waals surface area contributed by atoms with Crippen LogP contribution in [0.4, 0.5) is 15.3 Å². The molecule has 0 radical (unpaired) electrons. The molecule has 0 saturated heterocycles. The van der Waals surface area contributed by atoms with Gasteiger partial charge in [-0.15, -0.1) is 0 Å². The van der Waals surface area contributed by atoms with Gasteiger partial charge in [-0.05, 0) is 89.5 Å². The number of nitrogen functional groups attached to an aromatic ring is 1. The summed E-state index contributed by atoms with van der Waals surface area (Å²) in [6, 6.07) is 15.8. The van der Waals surface area contributed by atoms with Gasteiger partial charge < -0.3 is 34.2 Å². The Hall–Kier alpha value is -4.10. The average molecular weight is 726 g/mol. The minimum Gasteiger partial charge on any atom is -0.492 e. The van der Waals surface area contributed by atoms with Crippen molar-refractivity contribution in [2.24, 2.45) is 0 Å². The Morgan fingerprint density at radius 3 is 2.14 bits per heavy atom. The maximum atomic E-state index is 13.7. The minimum absolute atomic E-state index is 0.0417. The maximum Gasteiger partial charge on any atom is 0.435 e. The van der Waals surface area contributed by atoms with Gasteiger partial charge in [-0.3, -0.25) is 4.79 Å². The number of aryl methyl sites for hydroxylation is 1. The summed E-state index contributed by atoms with van der Waals surface area (Å²) in [5, 5.41) is 5.27. The molecule has 1 atom stereocenters. The zero-order valence-electron chi connectivity index (χ0n) is 32.5. The molecule has 3 aromatic rings. The predicted octanol–water partition coefficient (Wildman–Crippen LogP) is 7.80. The second-order valence-corrected chi connectivity index (χ2v) is 19.8. The van der Waals surface area contributed by atoms with Gasteiger partial charge in [0.05, 0.1) is 30.4 Å². The van der Waals surface area contributed by atoms with Crippen molar-refractivity contribution in [2.45, 2.75) is 111 Å². The summed E-state index contributed by atoms with van der Waals surface area (Å²) < 4.78 is 25.9. The molecule has 1 heterocycles. The van der Waals surface area contributed by atoms with Crippen LogP contribution in [0.1, 0.15) is 86.1 Å².